The third-order valence-corrected chi connectivity index (χ3v) is 17.5. The van der Waals surface area contributed by atoms with Crippen molar-refractivity contribution < 1.29 is 57.6 Å². The molecule has 8 aromatic rings. The van der Waals surface area contributed by atoms with Gasteiger partial charge >= 0.3 is 25.4 Å². The van der Waals surface area contributed by atoms with E-state index >= 15 is 0 Å². The Hall–Kier alpha value is -7.39. The van der Waals surface area contributed by atoms with Gasteiger partial charge in [-0.3, -0.25) is 19.9 Å². The van der Waals surface area contributed by atoms with E-state index in [0.717, 1.165) is 71.0 Å². The molecule has 4 aliphatic heterocycles. The molecular weight excluding hydrogens is 1530 g/mol. The van der Waals surface area contributed by atoms with Crippen LogP contribution in [0, 0.1) is 0 Å². The molecule has 19 nitrogen and oxygen atoms in total. The van der Waals surface area contributed by atoms with Gasteiger partial charge in [-0.2, -0.15) is 0 Å². The number of nitrogens with zero attached hydrogens (tertiary/aromatic N) is 5. The maximum Gasteiger partial charge on any atom is 0.488 e. The average molecular weight is 1630 g/mol. The SMILES string of the molecule is CC(C)(C)OC(=O)NCC1OCCc2c(-c3ccncc3)cccc21.CC(C)(C)OC(=O)NCC1OCCc2c(Br)cccc21.CCCCC1OCCc2c(-c3ccncc3)cccc21.CCI.CCN(CC1OCCc2c(-c3ccncc3)cccc21)C(=O)OC(C)(C)C.Cl.OB(O)c1ccncc1. The van der Waals surface area contributed by atoms with Crippen molar-refractivity contribution in [2.45, 2.75) is 169 Å². The lowest BCUT2D eigenvalue weighted by Crippen LogP contribution is -2.40. The fourth-order valence-electron chi connectivity index (χ4n) is 12.2. The van der Waals surface area contributed by atoms with Crippen molar-refractivity contribution in [1.82, 2.24) is 35.5 Å². The molecule has 0 saturated carbocycles. The van der Waals surface area contributed by atoms with Gasteiger partial charge in [0.2, 0.25) is 0 Å². The Morgan fingerprint density at radius 3 is 1.20 bits per heavy atom. The van der Waals surface area contributed by atoms with Crippen molar-refractivity contribution >= 4 is 81.8 Å². The van der Waals surface area contributed by atoms with Crippen LogP contribution in [0.1, 0.15) is 171 Å². The van der Waals surface area contributed by atoms with Gasteiger partial charge in [-0.1, -0.05) is 132 Å². The van der Waals surface area contributed by atoms with E-state index in [4.69, 9.17) is 43.2 Å². The number of halogens is 3. The molecule has 4 aromatic carbocycles. The van der Waals surface area contributed by atoms with Gasteiger partial charge in [-0.15, -0.1) is 12.4 Å². The molecule has 4 aromatic heterocycles. The molecule has 8 heterocycles. The summed E-state index contributed by atoms with van der Waals surface area (Å²) in [5, 5.41) is 22.7. The van der Waals surface area contributed by atoms with Crippen LogP contribution in [-0.2, 0) is 58.8 Å². The molecule has 0 aliphatic carbocycles. The number of carbonyl (C=O) groups excluding carboxylic acids is 3. The Balaban J connectivity index is 0.000000209. The second kappa shape index (κ2) is 43.4. The number of ether oxygens (including phenoxy) is 7. The van der Waals surface area contributed by atoms with Gasteiger partial charge in [0.05, 0.1) is 52.2 Å². The number of hydrogen-bond donors (Lipinski definition) is 4. The maximum atomic E-state index is 12.5. The zero-order valence-electron chi connectivity index (χ0n) is 62.7. The summed E-state index contributed by atoms with van der Waals surface area (Å²) in [5.41, 5.74) is 16.3. The molecule has 0 bridgehead atoms. The van der Waals surface area contributed by atoms with Gasteiger partial charge in [0.1, 0.15) is 35.1 Å². The van der Waals surface area contributed by atoms with E-state index in [1.165, 1.54) is 79.7 Å². The van der Waals surface area contributed by atoms with Gasteiger partial charge in [-0.05, 0) is 244 Å². The van der Waals surface area contributed by atoms with E-state index in [0.29, 0.717) is 51.5 Å². The molecule has 12 rings (SSSR count). The van der Waals surface area contributed by atoms with Gasteiger partial charge < -0.3 is 58.7 Å². The minimum Gasteiger partial charge on any atom is -0.444 e. The normalized spacial score (nSPS) is 16.1. The van der Waals surface area contributed by atoms with Crippen molar-refractivity contribution in [2.24, 2.45) is 0 Å². The number of alkyl carbamates (subject to hydrolysis) is 2. The van der Waals surface area contributed by atoms with Gasteiger partial charge in [0, 0.05) is 60.6 Å². The van der Waals surface area contributed by atoms with Crippen molar-refractivity contribution in [3.63, 3.8) is 0 Å². The van der Waals surface area contributed by atoms with E-state index in [9.17, 15) is 14.4 Å². The van der Waals surface area contributed by atoms with Gasteiger partial charge in [0.25, 0.3) is 0 Å². The van der Waals surface area contributed by atoms with Gasteiger partial charge in [0.15, 0.2) is 0 Å². The first-order chi connectivity index (χ1) is 49.8. The second-order valence-electron chi connectivity index (χ2n) is 27.9. The van der Waals surface area contributed by atoms with Crippen molar-refractivity contribution in [3.8, 4) is 33.4 Å². The number of likely N-dealkylation sites (N-methyl/N-ethyl adjacent to an activating group) is 1. The first kappa shape index (κ1) is 86.5. The fraction of sp³-hybridized carbons (Fsp3) is 0.427. The smallest absolute Gasteiger partial charge is 0.444 e. The highest BCUT2D eigenvalue weighted by Crippen LogP contribution is 2.39. The lowest BCUT2D eigenvalue weighted by atomic mass is 9.81. The van der Waals surface area contributed by atoms with Crippen LogP contribution in [0.3, 0.4) is 0 Å². The van der Waals surface area contributed by atoms with Crippen LogP contribution < -0.4 is 16.1 Å². The molecular formula is C82H105BBrClIN7O12. The van der Waals surface area contributed by atoms with Crippen LogP contribution in [0.2, 0.25) is 0 Å². The number of nitrogens with one attached hydrogen (secondary N) is 2. The summed E-state index contributed by atoms with van der Waals surface area (Å²) in [4.78, 5) is 53.8. The number of benzene rings is 4. The molecule has 0 fully saturated rings. The standard InChI is InChI=1S/C22H28N2O3.C20H24N2O3.C18H21NO.C15H20BrNO3.C5H6BNO2.C2H5I.ClH/c1-5-24(21(25)27-22(2,3)4)15-20-19-8-6-7-17(18(19)11-14-26-20)16-9-12-23-13-10-16;1-20(2,3)25-19(23)22-13-18-17-6-4-5-15(16(17)9-12-24-18)14-7-10-21-11-8-14;1-2-3-7-18-17-6-4-5-15(16(17)10-13-20-18)14-8-11-19-12-9-14;1-15(2,3)20-14(18)17-9-13-11-5-4-6-12(16)10(11)7-8-19-13;8-6(9)5-1-3-7-4-2-5;1-2-3;/h6-10,12-13,20H,5,11,14-15H2,1-4H3;4-8,10-11,18H,9,12-13H2,1-3H3,(H,22,23);4-6,8-9,11-12,18H,2-3,7,10,13H2,1H3;4-6,13H,7-9H2,1-3H3,(H,17,18);1-4,8-9H;2H2,1H3;1H. The number of carbonyl (C=O) groups is 3. The van der Waals surface area contributed by atoms with Crippen LogP contribution in [0.4, 0.5) is 14.4 Å². The highest BCUT2D eigenvalue weighted by molar-refractivity contribution is 14.1. The Kier molecular flexibility index (Phi) is 35.8. The Labute approximate surface area is 649 Å². The molecule has 0 spiro atoms. The van der Waals surface area contributed by atoms with Crippen LogP contribution >= 0.6 is 50.9 Å². The second-order valence-corrected chi connectivity index (χ2v) is 30.3. The molecule has 564 valence electrons. The van der Waals surface area contributed by atoms with Crippen molar-refractivity contribution in [2.75, 3.05) is 57.0 Å². The lowest BCUT2D eigenvalue weighted by Gasteiger charge is -2.33. The van der Waals surface area contributed by atoms with Crippen LogP contribution in [0.5, 0.6) is 0 Å². The van der Waals surface area contributed by atoms with E-state index in [2.05, 4.69) is 144 Å². The number of pyridine rings is 4. The third-order valence-electron chi connectivity index (χ3n) is 16.7. The van der Waals surface area contributed by atoms with Crippen molar-refractivity contribution in [1.29, 1.82) is 0 Å². The molecule has 3 amide bonds. The highest BCUT2D eigenvalue weighted by Gasteiger charge is 2.31. The molecule has 0 saturated heterocycles. The van der Waals surface area contributed by atoms with Gasteiger partial charge in [-0.25, -0.2) is 14.4 Å². The quantitative estimate of drug-likeness (QED) is 0.0343. The summed E-state index contributed by atoms with van der Waals surface area (Å²) < 4.78 is 42.1. The third kappa shape index (κ3) is 28.0. The number of unbranched alkanes of at least 4 members (excludes halogenated alkanes) is 1. The largest absolute Gasteiger partial charge is 0.488 e. The van der Waals surface area contributed by atoms with Crippen LogP contribution in [0.15, 0.2) is 175 Å². The summed E-state index contributed by atoms with van der Waals surface area (Å²) >= 11 is 5.85. The molecule has 4 atom stereocenters. The Morgan fingerprint density at radius 2 is 0.838 bits per heavy atom. The highest BCUT2D eigenvalue weighted by atomic mass is 127. The number of hydrogen-bond acceptors (Lipinski definition) is 16. The number of alkyl halides is 1. The molecule has 23 heteroatoms. The van der Waals surface area contributed by atoms with Crippen molar-refractivity contribution in [3.05, 3.63) is 220 Å². The van der Waals surface area contributed by atoms with E-state index in [1.54, 1.807) is 29.4 Å². The van der Waals surface area contributed by atoms with Crippen LogP contribution in [-0.4, -0.2) is 134 Å². The topological polar surface area (TPSA) is 235 Å². The van der Waals surface area contributed by atoms with E-state index < -0.39 is 36.1 Å². The first-order valence-corrected chi connectivity index (χ1v) is 38.2. The van der Waals surface area contributed by atoms with E-state index in [1.807, 2.05) is 143 Å². The van der Waals surface area contributed by atoms with Crippen LogP contribution in [0.25, 0.3) is 33.4 Å². The summed E-state index contributed by atoms with van der Waals surface area (Å²) in [6.07, 6.45) is 19.9. The number of rotatable bonds is 14. The zero-order valence-corrected chi connectivity index (χ0v) is 67.3. The Bertz CT molecular complexity index is 3930. The summed E-state index contributed by atoms with van der Waals surface area (Å²) in [7, 11) is -1.38. The fourth-order valence-corrected chi connectivity index (χ4v) is 12.7. The Morgan fingerprint density at radius 1 is 0.505 bits per heavy atom. The minimum absolute atomic E-state index is 0. The lowest BCUT2D eigenvalue weighted by molar-refractivity contribution is -0.00629. The minimum atomic E-state index is -1.38. The number of aromatic nitrogens is 4. The number of amides is 3. The summed E-state index contributed by atoms with van der Waals surface area (Å²) in [6, 6.07) is 40.5. The predicted molar refractivity (Wildman–Crippen MR) is 430 cm³/mol. The maximum absolute atomic E-state index is 12.5. The first-order valence-electron chi connectivity index (χ1n) is 35.9. The predicted octanol–water partition coefficient (Wildman–Crippen LogP) is 17.3. The molecule has 105 heavy (non-hydrogen) atoms. The zero-order chi connectivity index (χ0) is 75.2. The molecule has 0 radical (unpaired) electrons. The molecule has 4 aliphatic rings. The summed E-state index contributed by atoms with van der Waals surface area (Å²) in [5.74, 6) is 0. The summed E-state index contributed by atoms with van der Waals surface area (Å²) in [6.45, 7) is 27.7. The molecule has 4 unspecified atom stereocenters. The monoisotopic (exact) mass is 1630 g/mol. The number of fused-ring (bicyclic) bond motifs is 4. The van der Waals surface area contributed by atoms with E-state index in [-0.39, 0.29) is 42.9 Å². The molecule has 4 N–H and O–H groups in total. The average Bonchev–Trinajstić information content (AvgIpc) is 0.802.